The topological polar surface area (TPSA) is 24.5 Å². The van der Waals surface area contributed by atoms with Crippen LogP contribution in [0.4, 0.5) is 0 Å². The van der Waals surface area contributed by atoms with E-state index in [-0.39, 0.29) is 0 Å². The number of ether oxygens (including phenoxy) is 1. The Bertz CT molecular complexity index is 285. The monoisotopic (exact) mass is 296 g/mol. The van der Waals surface area contributed by atoms with E-state index in [1.54, 1.807) is 0 Å². The lowest BCUT2D eigenvalue weighted by molar-refractivity contribution is 0.0919. The quantitative estimate of drug-likeness (QED) is 0.730. The van der Waals surface area contributed by atoms with Crippen molar-refractivity contribution in [3.05, 3.63) is 0 Å². The van der Waals surface area contributed by atoms with Crippen molar-refractivity contribution in [1.29, 1.82) is 0 Å². The fraction of sp³-hybridized carbons (Fsp3) is 1.00. The number of hydrogen-bond acceptors (Lipinski definition) is 3. The SMILES string of the molecule is COC1CCN(CC2(CNCC(C)C)CCCCCC2)C1. The number of nitrogens with one attached hydrogen (secondary N) is 1. The molecule has 0 radical (unpaired) electrons. The average molecular weight is 296 g/mol. The predicted molar refractivity (Wildman–Crippen MR) is 89.7 cm³/mol. The molecule has 0 amide bonds. The molecule has 2 fully saturated rings. The standard InChI is InChI=1S/C18H36N2O/c1-16(2)12-19-14-18(9-6-4-5-7-10-18)15-20-11-8-17(13-20)21-3/h16-17,19H,4-15H2,1-3H3. The van der Waals surface area contributed by atoms with Crippen molar-refractivity contribution in [3.8, 4) is 0 Å². The smallest absolute Gasteiger partial charge is 0.0710 e. The lowest BCUT2D eigenvalue weighted by atomic mass is 9.79. The molecule has 1 aliphatic carbocycles. The van der Waals surface area contributed by atoms with Gasteiger partial charge >= 0.3 is 0 Å². The summed E-state index contributed by atoms with van der Waals surface area (Å²) in [5.41, 5.74) is 0.508. The molecule has 2 rings (SSSR count). The second kappa shape index (κ2) is 8.50. The Balaban J connectivity index is 1.90. The molecule has 1 unspecified atom stereocenters. The Hall–Kier alpha value is -0.120. The Kier molecular flexibility index (Phi) is 6.97. The van der Waals surface area contributed by atoms with Gasteiger partial charge in [0.15, 0.2) is 0 Å². The summed E-state index contributed by atoms with van der Waals surface area (Å²) >= 11 is 0. The van der Waals surface area contributed by atoms with Crippen LogP contribution in [0, 0.1) is 11.3 Å². The van der Waals surface area contributed by atoms with E-state index in [1.165, 1.54) is 64.6 Å². The van der Waals surface area contributed by atoms with E-state index < -0.39 is 0 Å². The highest BCUT2D eigenvalue weighted by Crippen LogP contribution is 2.36. The van der Waals surface area contributed by atoms with E-state index in [4.69, 9.17) is 4.74 Å². The lowest BCUT2D eigenvalue weighted by Crippen LogP contribution is -2.44. The largest absolute Gasteiger partial charge is 0.380 e. The molecule has 1 N–H and O–H groups in total. The van der Waals surface area contributed by atoms with Crippen LogP contribution in [-0.4, -0.2) is 50.8 Å². The number of hydrogen-bond donors (Lipinski definition) is 1. The summed E-state index contributed by atoms with van der Waals surface area (Å²) in [5.74, 6) is 0.748. The highest BCUT2D eigenvalue weighted by molar-refractivity contribution is 4.89. The van der Waals surface area contributed by atoms with Crippen molar-refractivity contribution < 1.29 is 4.74 Å². The van der Waals surface area contributed by atoms with Crippen molar-refractivity contribution in [2.24, 2.45) is 11.3 Å². The molecule has 0 aromatic heterocycles. The molecule has 1 heterocycles. The maximum Gasteiger partial charge on any atom is 0.0710 e. The maximum absolute atomic E-state index is 5.54. The van der Waals surface area contributed by atoms with Gasteiger partial charge in [-0.05, 0) is 37.1 Å². The van der Waals surface area contributed by atoms with Crippen molar-refractivity contribution in [2.75, 3.05) is 39.8 Å². The molecule has 2 aliphatic rings. The Labute approximate surface area is 131 Å². The Morgan fingerprint density at radius 2 is 1.90 bits per heavy atom. The van der Waals surface area contributed by atoms with Crippen LogP contribution >= 0.6 is 0 Å². The minimum Gasteiger partial charge on any atom is -0.380 e. The maximum atomic E-state index is 5.54. The van der Waals surface area contributed by atoms with Gasteiger partial charge in [0.2, 0.25) is 0 Å². The molecule has 3 heteroatoms. The molecule has 1 atom stereocenters. The fourth-order valence-corrected chi connectivity index (χ4v) is 4.10. The van der Waals surface area contributed by atoms with E-state index in [9.17, 15) is 0 Å². The van der Waals surface area contributed by atoms with E-state index in [1.807, 2.05) is 7.11 Å². The zero-order valence-electron chi connectivity index (χ0n) is 14.5. The fourth-order valence-electron chi connectivity index (χ4n) is 4.10. The third-order valence-corrected chi connectivity index (χ3v) is 5.34. The van der Waals surface area contributed by atoms with Gasteiger partial charge < -0.3 is 15.0 Å². The first-order chi connectivity index (χ1) is 10.1. The molecule has 1 aliphatic heterocycles. The van der Waals surface area contributed by atoms with E-state index in [2.05, 4.69) is 24.1 Å². The van der Waals surface area contributed by atoms with Crippen molar-refractivity contribution in [3.63, 3.8) is 0 Å². The van der Waals surface area contributed by atoms with Gasteiger partial charge in [0.05, 0.1) is 6.10 Å². The van der Waals surface area contributed by atoms with Crippen LogP contribution < -0.4 is 5.32 Å². The summed E-state index contributed by atoms with van der Waals surface area (Å²) in [7, 11) is 1.86. The summed E-state index contributed by atoms with van der Waals surface area (Å²) in [6, 6.07) is 0. The summed E-state index contributed by atoms with van der Waals surface area (Å²) in [4.78, 5) is 2.66. The van der Waals surface area contributed by atoms with E-state index in [0.717, 1.165) is 19.0 Å². The van der Waals surface area contributed by atoms with Gasteiger partial charge in [-0.3, -0.25) is 0 Å². The van der Waals surface area contributed by atoms with Gasteiger partial charge in [-0.15, -0.1) is 0 Å². The van der Waals surface area contributed by atoms with Gasteiger partial charge in [0.1, 0.15) is 0 Å². The van der Waals surface area contributed by atoms with Crippen LogP contribution in [0.1, 0.15) is 58.8 Å². The summed E-state index contributed by atoms with van der Waals surface area (Å²) in [5, 5.41) is 3.76. The molecule has 124 valence electrons. The minimum atomic E-state index is 0.469. The molecule has 1 saturated carbocycles. The van der Waals surface area contributed by atoms with E-state index in [0.29, 0.717) is 11.5 Å². The van der Waals surface area contributed by atoms with Gasteiger partial charge in [-0.1, -0.05) is 39.5 Å². The number of nitrogens with zero attached hydrogens (tertiary/aromatic N) is 1. The number of methoxy groups -OCH3 is 1. The third kappa shape index (κ3) is 5.54. The summed E-state index contributed by atoms with van der Waals surface area (Å²) < 4.78 is 5.54. The highest BCUT2D eigenvalue weighted by atomic mass is 16.5. The first kappa shape index (κ1) is 17.2. The van der Waals surface area contributed by atoms with Gasteiger partial charge in [-0.25, -0.2) is 0 Å². The van der Waals surface area contributed by atoms with Crippen molar-refractivity contribution in [2.45, 2.75) is 64.9 Å². The molecule has 3 nitrogen and oxygen atoms in total. The van der Waals surface area contributed by atoms with Crippen LogP contribution in [-0.2, 0) is 4.74 Å². The van der Waals surface area contributed by atoms with Crippen LogP contribution in [0.5, 0.6) is 0 Å². The van der Waals surface area contributed by atoms with Crippen molar-refractivity contribution >= 4 is 0 Å². The molecule has 0 aromatic rings. The second-order valence-electron chi connectivity index (χ2n) is 7.82. The molecular formula is C18H36N2O. The van der Waals surface area contributed by atoms with Crippen molar-refractivity contribution in [1.82, 2.24) is 10.2 Å². The first-order valence-electron chi connectivity index (χ1n) is 9.09. The van der Waals surface area contributed by atoms with Crippen LogP contribution in [0.2, 0.25) is 0 Å². The molecule has 0 bridgehead atoms. The predicted octanol–water partition coefficient (Wildman–Crippen LogP) is 3.29. The average Bonchev–Trinajstić information content (AvgIpc) is 2.77. The normalized spacial score (nSPS) is 27.1. The molecule has 0 aromatic carbocycles. The van der Waals surface area contributed by atoms with Gasteiger partial charge in [0, 0.05) is 33.3 Å². The van der Waals surface area contributed by atoms with Crippen LogP contribution in [0.25, 0.3) is 0 Å². The third-order valence-electron chi connectivity index (χ3n) is 5.34. The van der Waals surface area contributed by atoms with Crippen LogP contribution in [0.3, 0.4) is 0 Å². The highest BCUT2D eigenvalue weighted by Gasteiger charge is 2.35. The zero-order chi connectivity index (χ0) is 15.1. The summed E-state index contributed by atoms with van der Waals surface area (Å²) in [6.45, 7) is 10.6. The molecule has 0 spiro atoms. The molecule has 21 heavy (non-hydrogen) atoms. The first-order valence-corrected chi connectivity index (χ1v) is 9.09. The zero-order valence-corrected chi connectivity index (χ0v) is 14.5. The van der Waals surface area contributed by atoms with E-state index >= 15 is 0 Å². The van der Waals surface area contributed by atoms with Gasteiger partial charge in [0.25, 0.3) is 0 Å². The second-order valence-corrected chi connectivity index (χ2v) is 7.82. The Morgan fingerprint density at radius 1 is 1.19 bits per heavy atom. The molecular weight excluding hydrogens is 260 g/mol. The Morgan fingerprint density at radius 3 is 2.48 bits per heavy atom. The number of likely N-dealkylation sites (tertiary alicyclic amines) is 1. The molecule has 1 saturated heterocycles. The van der Waals surface area contributed by atoms with Crippen LogP contribution in [0.15, 0.2) is 0 Å². The minimum absolute atomic E-state index is 0.469. The number of rotatable bonds is 7. The lowest BCUT2D eigenvalue weighted by Gasteiger charge is -2.37. The van der Waals surface area contributed by atoms with Gasteiger partial charge in [-0.2, -0.15) is 0 Å². The summed E-state index contributed by atoms with van der Waals surface area (Å²) in [6.07, 6.45) is 10.2.